The van der Waals surface area contributed by atoms with Crippen molar-refractivity contribution >= 4 is 5.91 Å². The Kier molecular flexibility index (Phi) is 5.38. The number of carbonyl (C=O) groups is 1. The first-order valence-electron chi connectivity index (χ1n) is 7.35. The van der Waals surface area contributed by atoms with Crippen molar-refractivity contribution in [3.63, 3.8) is 0 Å². The van der Waals surface area contributed by atoms with Crippen LogP contribution in [0, 0.1) is 18.8 Å². The normalized spacial score (nSPS) is 18.0. The van der Waals surface area contributed by atoms with Crippen molar-refractivity contribution in [1.82, 2.24) is 4.90 Å². The Hall–Kier alpha value is -1.83. The summed E-state index contributed by atoms with van der Waals surface area (Å²) in [6, 6.07) is 5.88. The van der Waals surface area contributed by atoms with Crippen LogP contribution in [0.25, 0.3) is 0 Å². The van der Waals surface area contributed by atoms with Gasteiger partial charge in [-0.15, -0.1) is 0 Å². The van der Waals surface area contributed by atoms with Gasteiger partial charge in [0.25, 0.3) is 5.91 Å². The maximum atomic E-state index is 12.8. The number of hydrogen-bond acceptors (Lipinski definition) is 3. The molecule has 1 aliphatic rings. The van der Waals surface area contributed by atoms with Crippen LogP contribution in [0.3, 0.4) is 0 Å². The van der Waals surface area contributed by atoms with E-state index < -0.39 is 0 Å². The van der Waals surface area contributed by atoms with Crippen molar-refractivity contribution in [3.05, 3.63) is 34.9 Å². The first-order chi connectivity index (χ1) is 10.2. The largest absolute Gasteiger partial charge is 0.377 e. The highest BCUT2D eigenvalue weighted by atomic mass is 16.5. The molecule has 0 aliphatic carbocycles. The molecular formula is C17H22N2O2. The van der Waals surface area contributed by atoms with Crippen LogP contribution < -0.4 is 5.73 Å². The smallest absolute Gasteiger partial charge is 0.254 e. The van der Waals surface area contributed by atoms with Gasteiger partial charge in [0, 0.05) is 17.7 Å². The minimum absolute atomic E-state index is 0.0686. The Morgan fingerprint density at radius 3 is 3.05 bits per heavy atom. The standard InChI is InChI=1S/C17H22N2O2/c1-3-15-12-21-10-9-19(15)17(20)16-11-14(5-4-8-18)7-6-13(16)2/h6-7,11,15H,3,8-10,12,18H2,1-2H3. The third-order valence-electron chi connectivity index (χ3n) is 3.76. The van der Waals surface area contributed by atoms with Gasteiger partial charge < -0.3 is 15.4 Å². The molecule has 1 atom stereocenters. The molecule has 0 radical (unpaired) electrons. The average Bonchev–Trinajstić information content (AvgIpc) is 2.53. The number of benzene rings is 1. The lowest BCUT2D eigenvalue weighted by Crippen LogP contribution is -2.48. The van der Waals surface area contributed by atoms with Gasteiger partial charge in [0.05, 0.1) is 25.8 Å². The summed E-state index contributed by atoms with van der Waals surface area (Å²) in [4.78, 5) is 14.7. The van der Waals surface area contributed by atoms with Crippen molar-refractivity contribution in [3.8, 4) is 11.8 Å². The molecule has 21 heavy (non-hydrogen) atoms. The Bertz CT molecular complexity index is 572. The molecule has 112 valence electrons. The topological polar surface area (TPSA) is 55.6 Å². The zero-order chi connectivity index (χ0) is 15.2. The van der Waals surface area contributed by atoms with Gasteiger partial charge in [-0.3, -0.25) is 4.79 Å². The molecule has 0 saturated carbocycles. The second-order valence-corrected chi connectivity index (χ2v) is 5.17. The van der Waals surface area contributed by atoms with Crippen LogP contribution in [0.1, 0.15) is 34.8 Å². The molecular weight excluding hydrogens is 264 g/mol. The number of amides is 1. The van der Waals surface area contributed by atoms with Crippen molar-refractivity contribution in [2.24, 2.45) is 5.73 Å². The first-order valence-corrected chi connectivity index (χ1v) is 7.35. The van der Waals surface area contributed by atoms with E-state index in [-0.39, 0.29) is 11.9 Å². The molecule has 1 fully saturated rings. The van der Waals surface area contributed by atoms with Gasteiger partial charge in [-0.05, 0) is 31.0 Å². The summed E-state index contributed by atoms with van der Waals surface area (Å²) in [7, 11) is 0. The molecule has 4 nitrogen and oxygen atoms in total. The van der Waals surface area contributed by atoms with Crippen LogP contribution in [0.15, 0.2) is 18.2 Å². The SMILES string of the molecule is CCC1COCCN1C(=O)c1cc(C#CCN)ccc1C. The van der Waals surface area contributed by atoms with E-state index in [2.05, 4.69) is 18.8 Å². The molecule has 1 saturated heterocycles. The monoisotopic (exact) mass is 286 g/mol. The van der Waals surface area contributed by atoms with E-state index in [1.165, 1.54) is 0 Å². The predicted molar refractivity (Wildman–Crippen MR) is 83.0 cm³/mol. The summed E-state index contributed by atoms with van der Waals surface area (Å²) in [6.07, 6.45) is 0.900. The quantitative estimate of drug-likeness (QED) is 0.839. The van der Waals surface area contributed by atoms with E-state index in [1.807, 2.05) is 30.0 Å². The molecule has 0 bridgehead atoms. The molecule has 1 unspecified atom stereocenters. The summed E-state index contributed by atoms with van der Waals surface area (Å²) in [5.41, 5.74) is 7.92. The molecule has 4 heteroatoms. The summed E-state index contributed by atoms with van der Waals surface area (Å²) in [5.74, 6) is 5.88. The van der Waals surface area contributed by atoms with E-state index in [1.54, 1.807) is 0 Å². The number of ether oxygens (including phenoxy) is 1. The van der Waals surface area contributed by atoms with Gasteiger partial charge in [-0.25, -0.2) is 0 Å². The van der Waals surface area contributed by atoms with Crippen molar-refractivity contribution < 1.29 is 9.53 Å². The summed E-state index contributed by atoms with van der Waals surface area (Å²) >= 11 is 0. The lowest BCUT2D eigenvalue weighted by molar-refractivity contribution is -0.00283. The molecule has 1 aliphatic heterocycles. The molecule has 0 aromatic heterocycles. The first kappa shape index (κ1) is 15.6. The lowest BCUT2D eigenvalue weighted by Gasteiger charge is -2.35. The van der Waals surface area contributed by atoms with Crippen LogP contribution in [-0.2, 0) is 4.74 Å². The Morgan fingerprint density at radius 1 is 1.52 bits per heavy atom. The summed E-state index contributed by atoms with van der Waals surface area (Å²) in [5, 5.41) is 0. The Morgan fingerprint density at radius 2 is 2.33 bits per heavy atom. The Labute approximate surface area is 126 Å². The highest BCUT2D eigenvalue weighted by Crippen LogP contribution is 2.18. The second-order valence-electron chi connectivity index (χ2n) is 5.17. The molecule has 1 aromatic rings. The van der Waals surface area contributed by atoms with Crippen molar-refractivity contribution in [2.45, 2.75) is 26.3 Å². The average molecular weight is 286 g/mol. The number of hydrogen-bond donors (Lipinski definition) is 1. The fourth-order valence-electron chi connectivity index (χ4n) is 2.50. The van der Waals surface area contributed by atoms with E-state index in [0.29, 0.717) is 26.3 Å². The number of carbonyl (C=O) groups excluding carboxylic acids is 1. The van der Waals surface area contributed by atoms with Crippen molar-refractivity contribution in [1.29, 1.82) is 0 Å². The van der Waals surface area contributed by atoms with Crippen LogP contribution in [0.5, 0.6) is 0 Å². The number of nitrogens with zero attached hydrogens (tertiary/aromatic N) is 1. The maximum Gasteiger partial charge on any atom is 0.254 e. The number of rotatable bonds is 2. The summed E-state index contributed by atoms with van der Waals surface area (Å²) < 4.78 is 5.47. The summed E-state index contributed by atoms with van der Waals surface area (Å²) in [6.45, 7) is 6.22. The number of aryl methyl sites for hydroxylation is 1. The van der Waals surface area contributed by atoms with Gasteiger partial charge >= 0.3 is 0 Å². The van der Waals surface area contributed by atoms with Crippen LogP contribution in [0.2, 0.25) is 0 Å². The number of nitrogens with two attached hydrogens (primary N) is 1. The van der Waals surface area contributed by atoms with E-state index in [4.69, 9.17) is 10.5 Å². The van der Waals surface area contributed by atoms with E-state index in [9.17, 15) is 4.79 Å². The minimum Gasteiger partial charge on any atom is -0.377 e. The van der Waals surface area contributed by atoms with E-state index >= 15 is 0 Å². The zero-order valence-electron chi connectivity index (χ0n) is 12.7. The fraction of sp³-hybridized carbons (Fsp3) is 0.471. The van der Waals surface area contributed by atoms with Gasteiger partial charge in [0.15, 0.2) is 0 Å². The minimum atomic E-state index is 0.0686. The highest BCUT2D eigenvalue weighted by Gasteiger charge is 2.27. The molecule has 2 rings (SSSR count). The van der Waals surface area contributed by atoms with E-state index in [0.717, 1.165) is 23.1 Å². The molecule has 0 spiro atoms. The van der Waals surface area contributed by atoms with Crippen LogP contribution in [0.4, 0.5) is 0 Å². The zero-order valence-corrected chi connectivity index (χ0v) is 12.7. The molecule has 1 aromatic carbocycles. The second kappa shape index (κ2) is 7.26. The number of morpholine rings is 1. The third-order valence-corrected chi connectivity index (χ3v) is 3.76. The van der Waals surface area contributed by atoms with Crippen LogP contribution >= 0.6 is 0 Å². The molecule has 1 amide bonds. The third kappa shape index (κ3) is 3.63. The lowest BCUT2D eigenvalue weighted by atomic mass is 10.0. The fourth-order valence-corrected chi connectivity index (χ4v) is 2.50. The Balaban J connectivity index is 2.29. The van der Waals surface area contributed by atoms with Gasteiger partial charge in [-0.2, -0.15) is 0 Å². The van der Waals surface area contributed by atoms with Gasteiger partial charge in [0.1, 0.15) is 0 Å². The van der Waals surface area contributed by atoms with Crippen LogP contribution in [-0.4, -0.2) is 43.2 Å². The maximum absolute atomic E-state index is 12.8. The van der Waals surface area contributed by atoms with Gasteiger partial charge in [0.2, 0.25) is 0 Å². The highest BCUT2D eigenvalue weighted by molar-refractivity contribution is 5.96. The predicted octanol–water partition coefficient (Wildman–Crippen LogP) is 1.56. The molecule has 1 heterocycles. The van der Waals surface area contributed by atoms with Gasteiger partial charge in [-0.1, -0.05) is 24.8 Å². The molecule has 2 N–H and O–H groups in total. The van der Waals surface area contributed by atoms with Crippen molar-refractivity contribution in [2.75, 3.05) is 26.3 Å².